The zero-order valence-electron chi connectivity index (χ0n) is 9.22. The highest BCUT2D eigenvalue weighted by Gasteiger charge is 2.03. The molecule has 0 aliphatic rings. The Morgan fingerprint density at radius 2 is 2.31 bits per heavy atom. The molecule has 5 heteroatoms. The van der Waals surface area contributed by atoms with Crippen LogP contribution in [0.3, 0.4) is 0 Å². The van der Waals surface area contributed by atoms with E-state index in [1.807, 2.05) is 11.9 Å². The molecule has 0 aliphatic carbocycles. The van der Waals surface area contributed by atoms with E-state index in [9.17, 15) is 4.79 Å². The molecule has 0 bridgehead atoms. The van der Waals surface area contributed by atoms with Crippen LogP contribution in [-0.4, -0.2) is 42.8 Å². The summed E-state index contributed by atoms with van der Waals surface area (Å²) in [5.74, 6) is 0.107. The molecule has 0 saturated carbocycles. The molecule has 0 spiro atoms. The minimum absolute atomic E-state index is 0.0845. The van der Waals surface area contributed by atoms with E-state index >= 15 is 0 Å². The van der Waals surface area contributed by atoms with Crippen LogP contribution >= 0.6 is 0 Å². The molecule has 88 valence electrons. The second-order valence-corrected chi connectivity index (χ2v) is 3.47. The monoisotopic (exact) mass is 224 g/mol. The van der Waals surface area contributed by atoms with Gasteiger partial charge in [0.2, 0.25) is 5.91 Å². The van der Waals surface area contributed by atoms with Crippen LogP contribution < -0.4 is 10.5 Å². The van der Waals surface area contributed by atoms with E-state index in [4.69, 9.17) is 15.6 Å². The van der Waals surface area contributed by atoms with Crippen molar-refractivity contribution in [3.8, 4) is 5.75 Å². The number of primary amides is 1. The highest BCUT2D eigenvalue weighted by atomic mass is 16.5. The molecule has 0 fully saturated rings. The van der Waals surface area contributed by atoms with Gasteiger partial charge in [0.1, 0.15) is 12.5 Å². The number of nitrogens with zero attached hydrogens (tertiary/aromatic N) is 1. The highest BCUT2D eigenvalue weighted by molar-refractivity contribution is 5.93. The van der Waals surface area contributed by atoms with E-state index in [1.54, 1.807) is 24.3 Å². The number of hydrogen-bond acceptors (Lipinski definition) is 4. The summed E-state index contributed by atoms with van der Waals surface area (Å²) < 4.78 is 5.42. The molecule has 5 nitrogen and oxygen atoms in total. The summed E-state index contributed by atoms with van der Waals surface area (Å²) >= 11 is 0. The third kappa shape index (κ3) is 3.88. The van der Waals surface area contributed by atoms with Gasteiger partial charge in [-0.15, -0.1) is 0 Å². The Kier molecular flexibility index (Phi) is 4.75. The first-order chi connectivity index (χ1) is 7.63. The molecule has 16 heavy (non-hydrogen) atoms. The summed E-state index contributed by atoms with van der Waals surface area (Å²) in [4.78, 5) is 12.7. The van der Waals surface area contributed by atoms with Crippen molar-refractivity contribution in [2.24, 2.45) is 5.73 Å². The number of amides is 1. The van der Waals surface area contributed by atoms with Gasteiger partial charge in [0.05, 0.1) is 6.61 Å². The largest absolute Gasteiger partial charge is 0.478 e. The summed E-state index contributed by atoms with van der Waals surface area (Å²) in [6.45, 7) is 0.972. The molecule has 0 aliphatic heterocycles. The normalized spacial score (nSPS) is 10.4. The molecule has 0 radical (unpaired) electrons. The number of carbonyl (C=O) groups excluding carboxylic acids is 1. The number of aliphatic hydroxyl groups is 1. The van der Waals surface area contributed by atoms with Crippen LogP contribution in [0.1, 0.15) is 10.4 Å². The van der Waals surface area contributed by atoms with Crippen molar-refractivity contribution in [1.82, 2.24) is 4.90 Å². The maximum atomic E-state index is 10.9. The molecule has 0 unspecified atom stereocenters. The zero-order chi connectivity index (χ0) is 12.0. The lowest BCUT2D eigenvalue weighted by atomic mass is 10.2. The average Bonchev–Trinajstić information content (AvgIpc) is 2.27. The Hall–Kier alpha value is -1.59. The van der Waals surface area contributed by atoms with Crippen LogP contribution in [0.4, 0.5) is 0 Å². The molecular weight excluding hydrogens is 208 g/mol. The van der Waals surface area contributed by atoms with E-state index in [2.05, 4.69) is 0 Å². The maximum absolute atomic E-state index is 10.9. The molecular formula is C11H16N2O3. The maximum Gasteiger partial charge on any atom is 0.248 e. The first kappa shape index (κ1) is 12.5. The van der Waals surface area contributed by atoms with E-state index in [1.165, 1.54) is 0 Å². The third-order valence-electron chi connectivity index (χ3n) is 2.05. The second kappa shape index (κ2) is 6.09. The Balaban J connectivity index is 2.54. The number of carbonyl (C=O) groups is 1. The van der Waals surface area contributed by atoms with Crippen molar-refractivity contribution in [2.45, 2.75) is 0 Å². The third-order valence-corrected chi connectivity index (χ3v) is 2.05. The van der Waals surface area contributed by atoms with Gasteiger partial charge in [-0.1, -0.05) is 6.07 Å². The van der Waals surface area contributed by atoms with Gasteiger partial charge in [-0.05, 0) is 25.2 Å². The van der Waals surface area contributed by atoms with Crippen molar-refractivity contribution in [1.29, 1.82) is 0 Å². The van der Waals surface area contributed by atoms with Gasteiger partial charge < -0.3 is 15.6 Å². The van der Waals surface area contributed by atoms with Crippen molar-refractivity contribution in [2.75, 3.05) is 26.9 Å². The van der Waals surface area contributed by atoms with Crippen LogP contribution in [0.5, 0.6) is 5.75 Å². The van der Waals surface area contributed by atoms with Crippen molar-refractivity contribution < 1.29 is 14.6 Å². The minimum atomic E-state index is -0.478. The summed E-state index contributed by atoms with van der Waals surface area (Å²) in [6, 6.07) is 6.68. The van der Waals surface area contributed by atoms with Crippen molar-refractivity contribution in [3.63, 3.8) is 0 Å². The Bertz CT molecular complexity index is 355. The minimum Gasteiger partial charge on any atom is -0.478 e. The average molecular weight is 224 g/mol. The van der Waals surface area contributed by atoms with Crippen LogP contribution in [-0.2, 0) is 0 Å². The lowest BCUT2D eigenvalue weighted by Gasteiger charge is -2.16. The fraction of sp³-hybridized carbons (Fsp3) is 0.364. The smallest absolute Gasteiger partial charge is 0.248 e. The van der Waals surface area contributed by atoms with Gasteiger partial charge >= 0.3 is 0 Å². The Morgan fingerprint density at radius 3 is 2.94 bits per heavy atom. The number of nitrogens with two attached hydrogens (primary N) is 1. The predicted molar refractivity (Wildman–Crippen MR) is 60.2 cm³/mol. The van der Waals surface area contributed by atoms with Gasteiger partial charge in [0.15, 0.2) is 0 Å². The van der Waals surface area contributed by atoms with Crippen molar-refractivity contribution in [3.05, 3.63) is 29.8 Å². The number of aliphatic hydroxyl groups excluding tert-OH is 1. The van der Waals surface area contributed by atoms with Gasteiger partial charge in [0.25, 0.3) is 0 Å². The van der Waals surface area contributed by atoms with E-state index in [0.29, 0.717) is 24.6 Å². The first-order valence-corrected chi connectivity index (χ1v) is 4.95. The van der Waals surface area contributed by atoms with Gasteiger partial charge in [0, 0.05) is 12.1 Å². The molecule has 1 amide bonds. The molecule has 0 aromatic heterocycles. The fourth-order valence-corrected chi connectivity index (χ4v) is 1.16. The number of hydrogen-bond donors (Lipinski definition) is 2. The Labute approximate surface area is 94.4 Å². The lowest BCUT2D eigenvalue weighted by Crippen LogP contribution is -2.26. The second-order valence-electron chi connectivity index (χ2n) is 3.47. The van der Waals surface area contributed by atoms with Gasteiger partial charge in [-0.25, -0.2) is 0 Å². The number of likely N-dealkylation sites (N-methyl/N-ethyl adjacent to an activating group) is 1. The Morgan fingerprint density at radius 1 is 1.56 bits per heavy atom. The summed E-state index contributed by atoms with van der Waals surface area (Å²) in [7, 11) is 1.83. The van der Waals surface area contributed by atoms with E-state index in [-0.39, 0.29) is 6.61 Å². The lowest BCUT2D eigenvalue weighted by molar-refractivity contribution is 0.0999. The summed E-state index contributed by atoms with van der Waals surface area (Å²) in [5.41, 5.74) is 5.57. The number of rotatable bonds is 6. The fourth-order valence-electron chi connectivity index (χ4n) is 1.16. The summed E-state index contributed by atoms with van der Waals surface area (Å²) in [6.07, 6.45) is 0. The molecule has 0 saturated heterocycles. The molecule has 3 N–H and O–H groups in total. The van der Waals surface area contributed by atoms with Crippen LogP contribution in [0, 0.1) is 0 Å². The topological polar surface area (TPSA) is 75.8 Å². The number of benzene rings is 1. The molecule has 1 aromatic rings. The standard InChI is InChI=1S/C11H16N2O3/c1-13(5-6-14)8-16-10-4-2-3-9(7-10)11(12)15/h2-4,7,14H,5-6,8H2,1H3,(H2,12,15). The molecule has 0 heterocycles. The first-order valence-electron chi connectivity index (χ1n) is 4.95. The SMILES string of the molecule is CN(CCO)COc1cccc(C(N)=O)c1. The van der Waals surface area contributed by atoms with Crippen LogP contribution in [0.2, 0.25) is 0 Å². The van der Waals surface area contributed by atoms with Crippen LogP contribution in [0.25, 0.3) is 0 Å². The summed E-state index contributed by atoms with van der Waals surface area (Å²) in [5, 5.41) is 8.69. The number of ether oxygens (including phenoxy) is 1. The highest BCUT2D eigenvalue weighted by Crippen LogP contribution is 2.12. The van der Waals surface area contributed by atoms with E-state index in [0.717, 1.165) is 0 Å². The zero-order valence-corrected chi connectivity index (χ0v) is 9.22. The van der Waals surface area contributed by atoms with Crippen LogP contribution in [0.15, 0.2) is 24.3 Å². The molecule has 1 aromatic carbocycles. The van der Waals surface area contributed by atoms with E-state index < -0.39 is 5.91 Å². The van der Waals surface area contributed by atoms with Gasteiger partial charge in [-0.2, -0.15) is 0 Å². The quantitative estimate of drug-likeness (QED) is 0.669. The van der Waals surface area contributed by atoms with Crippen molar-refractivity contribution >= 4 is 5.91 Å². The predicted octanol–water partition coefficient (Wildman–Crippen LogP) is 0.0459. The van der Waals surface area contributed by atoms with Gasteiger partial charge in [-0.3, -0.25) is 9.69 Å². The molecule has 0 atom stereocenters. The molecule has 1 rings (SSSR count).